The minimum atomic E-state index is -4.60. The summed E-state index contributed by atoms with van der Waals surface area (Å²) in [5.41, 5.74) is 4.86. The molecule has 0 aliphatic carbocycles. The first-order valence-corrected chi connectivity index (χ1v) is 22.9. The quantitative estimate of drug-likeness (QED) is 0.0171. The Balaban J connectivity index is 0. The number of phosphoric ester groups is 1. The molecule has 0 rings (SSSR count). The summed E-state index contributed by atoms with van der Waals surface area (Å²) in [4.78, 5) is 50.3. The number of unbranched alkanes of at least 4 members (excludes halogenated alkanes) is 22. The lowest BCUT2D eigenvalue weighted by Gasteiger charge is -2.15. The number of carbonyl (C=O) groups excluding carboxylic acids is 2. The third-order valence-corrected chi connectivity index (χ3v) is 9.44. The SMILES string of the molecule is CCCCCCCC/C=C\CCCCCCCC(=O)OC[C@H](CO)OC(=O)CCCCCCC/C=C\CCCCCCCC.N[C@@H](COP(=O)(O)O)C(=O)O. The first-order valence-electron chi connectivity index (χ1n) is 21.4. The summed E-state index contributed by atoms with van der Waals surface area (Å²) in [5, 5.41) is 17.7. The van der Waals surface area contributed by atoms with E-state index >= 15 is 0 Å². The van der Waals surface area contributed by atoms with Gasteiger partial charge in [0, 0.05) is 12.8 Å². The molecule has 324 valence electrons. The van der Waals surface area contributed by atoms with Crippen LogP contribution in [0.1, 0.15) is 194 Å². The molecule has 0 aromatic carbocycles. The van der Waals surface area contributed by atoms with Crippen molar-refractivity contribution >= 4 is 25.7 Å². The Hall–Kier alpha value is -2.08. The van der Waals surface area contributed by atoms with E-state index in [1.165, 1.54) is 116 Å². The van der Waals surface area contributed by atoms with Crippen LogP contribution in [-0.2, 0) is 32.9 Å². The molecule has 0 amide bonds. The number of aliphatic carboxylic acids is 1. The Labute approximate surface area is 333 Å². The van der Waals surface area contributed by atoms with E-state index in [0.29, 0.717) is 12.8 Å². The maximum Gasteiger partial charge on any atom is 0.469 e. The largest absolute Gasteiger partial charge is 0.480 e. The fourth-order valence-corrected chi connectivity index (χ4v) is 5.91. The third kappa shape index (κ3) is 46.2. The zero-order valence-corrected chi connectivity index (χ0v) is 35.4. The molecule has 0 aromatic rings. The lowest BCUT2D eigenvalue weighted by molar-refractivity contribution is -0.161. The van der Waals surface area contributed by atoms with Crippen LogP contribution in [0.5, 0.6) is 0 Å². The van der Waals surface area contributed by atoms with E-state index in [1.807, 2.05) is 0 Å². The number of carboxylic acids is 1. The fraction of sp³-hybridized carbons (Fsp3) is 0.833. The number of allylic oxidation sites excluding steroid dienone is 4. The molecule has 0 saturated carbocycles. The van der Waals surface area contributed by atoms with Crippen LogP contribution in [0.4, 0.5) is 0 Å². The van der Waals surface area contributed by atoms with E-state index in [2.05, 4.69) is 42.7 Å². The van der Waals surface area contributed by atoms with E-state index in [4.69, 9.17) is 30.1 Å². The van der Waals surface area contributed by atoms with Gasteiger partial charge in [0.05, 0.1) is 13.2 Å². The Kier molecular flexibility index (Phi) is 41.6. The Bertz CT molecular complexity index is 1000. The van der Waals surface area contributed by atoms with Crippen molar-refractivity contribution < 1.29 is 52.9 Å². The molecule has 0 unspecified atom stereocenters. The van der Waals surface area contributed by atoms with Gasteiger partial charge < -0.3 is 35.2 Å². The highest BCUT2D eigenvalue weighted by Crippen LogP contribution is 2.35. The zero-order valence-electron chi connectivity index (χ0n) is 34.6. The number of rotatable bonds is 38. The highest BCUT2D eigenvalue weighted by Gasteiger charge is 2.19. The van der Waals surface area contributed by atoms with Crippen LogP contribution in [0.3, 0.4) is 0 Å². The van der Waals surface area contributed by atoms with E-state index in [-0.39, 0.29) is 25.2 Å². The standard InChI is InChI=1S/C39H72O5.C3H8NO6P/c1-3-5-7-9-11-13-15-17-19-21-23-25-27-29-31-33-38(41)43-36-37(35-40)44-39(42)34-32-30-28-26-24-22-20-18-16-14-12-10-8-6-4-2;4-2(3(5)6)1-10-11(7,8)9/h17-20,37,40H,3-16,21-36H2,1-2H3;2H,1,4H2,(H,5,6)(H2,7,8,9)/b19-17-,20-18-;/t37-;2-/m00/s1. The molecule has 0 fully saturated rings. The smallest absolute Gasteiger partial charge is 0.469 e. The summed E-state index contributed by atoms with van der Waals surface area (Å²) in [6, 6.07) is -1.41. The van der Waals surface area contributed by atoms with Crippen LogP contribution >= 0.6 is 7.82 Å². The predicted molar refractivity (Wildman–Crippen MR) is 220 cm³/mol. The van der Waals surface area contributed by atoms with Crippen molar-refractivity contribution in [1.29, 1.82) is 0 Å². The van der Waals surface area contributed by atoms with E-state index in [1.54, 1.807) is 0 Å². The van der Waals surface area contributed by atoms with Gasteiger partial charge in [-0.05, 0) is 64.2 Å². The molecule has 0 saturated heterocycles. The average Bonchev–Trinajstić information content (AvgIpc) is 3.15. The number of nitrogens with two attached hydrogens (primary N) is 1. The van der Waals surface area contributed by atoms with Crippen molar-refractivity contribution in [2.75, 3.05) is 19.8 Å². The Morgan fingerprint density at radius 3 is 1.31 bits per heavy atom. The molecule has 0 bridgehead atoms. The molecule has 55 heavy (non-hydrogen) atoms. The van der Waals surface area contributed by atoms with Crippen LogP contribution in [0.25, 0.3) is 0 Å². The van der Waals surface area contributed by atoms with Crippen molar-refractivity contribution in [3.8, 4) is 0 Å². The van der Waals surface area contributed by atoms with Crippen molar-refractivity contribution in [2.45, 2.75) is 206 Å². The highest BCUT2D eigenvalue weighted by molar-refractivity contribution is 7.46. The normalized spacial score (nSPS) is 12.8. The van der Waals surface area contributed by atoms with Crippen LogP contribution in [0.2, 0.25) is 0 Å². The van der Waals surface area contributed by atoms with Crippen molar-refractivity contribution in [3.05, 3.63) is 24.3 Å². The van der Waals surface area contributed by atoms with E-state index in [0.717, 1.165) is 51.4 Å². The number of esters is 2. The summed E-state index contributed by atoms with van der Waals surface area (Å²) in [6.45, 7) is 3.40. The Morgan fingerprint density at radius 2 is 0.945 bits per heavy atom. The van der Waals surface area contributed by atoms with Gasteiger partial charge in [0.25, 0.3) is 0 Å². The van der Waals surface area contributed by atoms with Crippen LogP contribution in [0, 0.1) is 0 Å². The molecule has 0 aliphatic rings. The van der Waals surface area contributed by atoms with Crippen LogP contribution < -0.4 is 5.73 Å². The Morgan fingerprint density at radius 1 is 0.582 bits per heavy atom. The number of carbonyl (C=O) groups is 3. The molecule has 0 radical (unpaired) electrons. The number of aliphatic hydroxyl groups excluding tert-OH is 1. The fourth-order valence-electron chi connectivity index (χ4n) is 5.56. The van der Waals surface area contributed by atoms with E-state index < -0.39 is 32.5 Å². The van der Waals surface area contributed by atoms with Gasteiger partial charge in [-0.1, -0.05) is 141 Å². The summed E-state index contributed by atoms with van der Waals surface area (Å²) >= 11 is 0. The number of hydrogen-bond acceptors (Lipinski definition) is 9. The number of aliphatic hydroxyl groups is 1. The van der Waals surface area contributed by atoms with Crippen molar-refractivity contribution in [1.82, 2.24) is 0 Å². The van der Waals surface area contributed by atoms with Crippen molar-refractivity contribution in [2.24, 2.45) is 5.73 Å². The molecule has 13 heteroatoms. The topological polar surface area (TPSA) is 203 Å². The van der Waals surface area contributed by atoms with Gasteiger partial charge in [-0.25, -0.2) is 4.57 Å². The van der Waals surface area contributed by atoms with E-state index in [9.17, 15) is 24.1 Å². The van der Waals surface area contributed by atoms with Gasteiger partial charge >= 0.3 is 25.7 Å². The molecule has 2 atom stereocenters. The minimum Gasteiger partial charge on any atom is -0.480 e. The second-order valence-corrected chi connectivity index (χ2v) is 15.6. The first kappa shape index (κ1) is 55.0. The number of hydrogen-bond donors (Lipinski definition) is 5. The van der Waals surface area contributed by atoms with Crippen molar-refractivity contribution in [3.63, 3.8) is 0 Å². The third-order valence-electron chi connectivity index (χ3n) is 8.96. The lowest BCUT2D eigenvalue weighted by Crippen LogP contribution is -2.34. The molecular weight excluding hydrogens is 725 g/mol. The highest BCUT2D eigenvalue weighted by atomic mass is 31.2. The summed E-state index contributed by atoms with van der Waals surface area (Å²) in [6.07, 6.45) is 40.9. The number of carboxylic acid groups (broad SMARTS) is 1. The molecule has 0 spiro atoms. The monoisotopic (exact) mass is 806 g/mol. The molecule has 6 N–H and O–H groups in total. The van der Waals surface area contributed by atoms with Gasteiger partial charge in [0.2, 0.25) is 0 Å². The predicted octanol–water partition coefficient (Wildman–Crippen LogP) is 10.0. The molecule has 0 aromatic heterocycles. The van der Waals surface area contributed by atoms with Crippen LogP contribution in [-0.4, -0.2) is 69.9 Å². The maximum atomic E-state index is 12.1. The average molecular weight is 806 g/mol. The second kappa shape index (κ2) is 41.6. The molecule has 12 nitrogen and oxygen atoms in total. The van der Waals surface area contributed by atoms with Gasteiger partial charge in [0.15, 0.2) is 6.10 Å². The van der Waals surface area contributed by atoms with Crippen LogP contribution in [0.15, 0.2) is 24.3 Å². The van der Waals surface area contributed by atoms with Gasteiger partial charge in [-0.2, -0.15) is 0 Å². The minimum absolute atomic E-state index is 0.0709. The lowest BCUT2D eigenvalue weighted by atomic mass is 10.1. The number of ether oxygens (including phenoxy) is 2. The zero-order chi connectivity index (χ0) is 41.3. The van der Waals surface area contributed by atoms with Gasteiger partial charge in [-0.3, -0.25) is 18.9 Å². The summed E-state index contributed by atoms with van der Waals surface area (Å²) in [5.74, 6) is -1.98. The molecule has 0 aliphatic heterocycles. The number of phosphoric acid groups is 1. The molecule has 0 heterocycles. The first-order chi connectivity index (χ1) is 26.5. The maximum absolute atomic E-state index is 12.1. The van der Waals surface area contributed by atoms with Gasteiger partial charge in [-0.15, -0.1) is 0 Å². The second-order valence-electron chi connectivity index (χ2n) is 14.4. The summed E-state index contributed by atoms with van der Waals surface area (Å²) < 4.78 is 24.4. The van der Waals surface area contributed by atoms with Gasteiger partial charge in [0.1, 0.15) is 12.6 Å². The summed E-state index contributed by atoms with van der Waals surface area (Å²) in [7, 11) is -4.60. The molecular formula is C42H80NO11P.